The molecule has 5 rings (SSSR count). The molecule has 19 heavy (non-hydrogen) atoms. The third kappa shape index (κ3) is 1.75. The van der Waals surface area contributed by atoms with Crippen molar-refractivity contribution < 1.29 is 4.79 Å². The number of Topliss-reactive ketones (excluding diaryl/α,β-unsaturated/α-hetero) is 1. The lowest BCUT2D eigenvalue weighted by atomic mass is 9.44. The van der Waals surface area contributed by atoms with E-state index in [1.165, 1.54) is 37.0 Å². The molecule has 0 saturated heterocycles. The molecule has 0 spiro atoms. The molecule has 4 aliphatic carbocycles. The standard InChI is InChI=1S/C17H22OS/c1-11-3-4-14(19-11)15(18)17-8-12-5-13(9-17)7-16(2,6-12)10-17/h3-4,12-13H,5-10H2,1-2H3. The Bertz CT molecular complexity index is 527. The highest BCUT2D eigenvalue weighted by atomic mass is 32.1. The van der Waals surface area contributed by atoms with Crippen LogP contribution in [0.1, 0.15) is 60.0 Å². The molecule has 1 heterocycles. The molecule has 4 saturated carbocycles. The summed E-state index contributed by atoms with van der Waals surface area (Å²) in [6.45, 7) is 4.54. The number of ketones is 1. The van der Waals surface area contributed by atoms with Crippen molar-refractivity contribution in [2.45, 2.75) is 52.4 Å². The Balaban J connectivity index is 1.72. The zero-order valence-corrected chi connectivity index (χ0v) is 12.7. The maximum absolute atomic E-state index is 13.1. The van der Waals surface area contributed by atoms with Crippen molar-refractivity contribution >= 4 is 17.1 Å². The second-order valence-electron chi connectivity index (χ2n) is 7.79. The minimum absolute atomic E-state index is 0.0100. The fraction of sp³-hybridized carbons (Fsp3) is 0.706. The molecular formula is C17H22OS. The number of carbonyl (C=O) groups excluding carboxylic acids is 1. The van der Waals surface area contributed by atoms with Crippen LogP contribution in [0.4, 0.5) is 0 Å². The maximum Gasteiger partial charge on any atom is 0.178 e. The molecule has 0 aliphatic heterocycles. The van der Waals surface area contributed by atoms with Gasteiger partial charge < -0.3 is 0 Å². The first-order chi connectivity index (χ1) is 8.98. The van der Waals surface area contributed by atoms with E-state index in [1.54, 1.807) is 11.3 Å². The van der Waals surface area contributed by atoms with Crippen molar-refractivity contribution in [3.05, 3.63) is 21.9 Å². The van der Waals surface area contributed by atoms with E-state index in [4.69, 9.17) is 0 Å². The van der Waals surface area contributed by atoms with Gasteiger partial charge in [0.25, 0.3) is 0 Å². The largest absolute Gasteiger partial charge is 0.293 e. The van der Waals surface area contributed by atoms with E-state index in [1.807, 2.05) is 0 Å². The average Bonchev–Trinajstić information content (AvgIpc) is 2.71. The molecule has 102 valence electrons. The van der Waals surface area contributed by atoms with Crippen LogP contribution in [0, 0.1) is 29.6 Å². The average molecular weight is 274 g/mol. The molecule has 4 aliphatic rings. The molecule has 1 aromatic heterocycles. The summed E-state index contributed by atoms with van der Waals surface area (Å²) in [6, 6.07) is 4.16. The normalized spacial score (nSPS) is 43.7. The summed E-state index contributed by atoms with van der Waals surface area (Å²) in [4.78, 5) is 15.3. The van der Waals surface area contributed by atoms with Crippen molar-refractivity contribution in [2.75, 3.05) is 0 Å². The monoisotopic (exact) mass is 274 g/mol. The summed E-state index contributed by atoms with van der Waals surface area (Å²) in [5, 5.41) is 0. The van der Waals surface area contributed by atoms with Crippen LogP contribution in [-0.4, -0.2) is 5.78 Å². The molecular weight excluding hydrogens is 252 g/mol. The Morgan fingerprint density at radius 3 is 2.42 bits per heavy atom. The SMILES string of the molecule is Cc1ccc(C(=O)C23CC4CC(CC(C)(C4)C2)C3)s1. The lowest BCUT2D eigenvalue weighted by Crippen LogP contribution is -2.53. The number of carbonyl (C=O) groups is 1. The molecule has 2 atom stereocenters. The first-order valence-electron chi connectivity index (χ1n) is 7.59. The second kappa shape index (κ2) is 3.72. The zero-order valence-electron chi connectivity index (χ0n) is 11.9. The lowest BCUT2D eigenvalue weighted by molar-refractivity contribution is -0.0819. The minimum Gasteiger partial charge on any atom is -0.293 e. The van der Waals surface area contributed by atoms with Crippen molar-refractivity contribution in [3.8, 4) is 0 Å². The quantitative estimate of drug-likeness (QED) is 0.705. The van der Waals surface area contributed by atoms with E-state index in [0.717, 1.165) is 23.1 Å². The van der Waals surface area contributed by atoms with Crippen LogP contribution < -0.4 is 0 Å². The summed E-state index contributed by atoms with van der Waals surface area (Å²) < 4.78 is 0. The zero-order chi connectivity index (χ0) is 13.3. The maximum atomic E-state index is 13.1. The number of thiophene rings is 1. The molecule has 4 bridgehead atoms. The smallest absolute Gasteiger partial charge is 0.178 e. The highest BCUT2D eigenvalue weighted by Crippen LogP contribution is 2.65. The Morgan fingerprint density at radius 2 is 1.89 bits per heavy atom. The van der Waals surface area contributed by atoms with Gasteiger partial charge in [-0.1, -0.05) is 6.92 Å². The van der Waals surface area contributed by atoms with Gasteiger partial charge in [0.2, 0.25) is 0 Å². The van der Waals surface area contributed by atoms with Gasteiger partial charge in [-0.25, -0.2) is 0 Å². The van der Waals surface area contributed by atoms with Gasteiger partial charge in [-0.2, -0.15) is 0 Å². The van der Waals surface area contributed by atoms with Crippen molar-refractivity contribution in [1.29, 1.82) is 0 Å². The molecule has 1 nitrogen and oxygen atoms in total. The topological polar surface area (TPSA) is 17.1 Å². The van der Waals surface area contributed by atoms with Crippen LogP contribution in [0.15, 0.2) is 12.1 Å². The van der Waals surface area contributed by atoms with Crippen molar-refractivity contribution in [2.24, 2.45) is 22.7 Å². The molecule has 0 amide bonds. The van der Waals surface area contributed by atoms with Gasteiger partial charge in [0, 0.05) is 10.3 Å². The minimum atomic E-state index is 0.0100. The third-order valence-corrected chi connectivity index (χ3v) is 6.80. The van der Waals surface area contributed by atoms with Gasteiger partial charge in [-0.15, -0.1) is 11.3 Å². The van der Waals surface area contributed by atoms with Crippen LogP contribution in [0.3, 0.4) is 0 Å². The second-order valence-corrected chi connectivity index (χ2v) is 9.08. The number of aryl methyl sites for hydroxylation is 1. The first kappa shape index (κ1) is 12.1. The Labute approximate surface area is 119 Å². The van der Waals surface area contributed by atoms with Gasteiger partial charge in [-0.05, 0) is 74.8 Å². The van der Waals surface area contributed by atoms with Crippen LogP contribution in [0.5, 0.6) is 0 Å². The number of rotatable bonds is 2. The fourth-order valence-electron chi connectivity index (χ4n) is 5.80. The summed E-state index contributed by atoms with van der Waals surface area (Å²) >= 11 is 1.69. The van der Waals surface area contributed by atoms with E-state index < -0.39 is 0 Å². The third-order valence-electron chi connectivity index (χ3n) is 5.80. The Morgan fingerprint density at radius 1 is 1.21 bits per heavy atom. The summed E-state index contributed by atoms with van der Waals surface area (Å²) in [5.74, 6) is 2.14. The summed E-state index contributed by atoms with van der Waals surface area (Å²) in [7, 11) is 0. The number of hydrogen-bond donors (Lipinski definition) is 0. The van der Waals surface area contributed by atoms with Crippen molar-refractivity contribution in [3.63, 3.8) is 0 Å². The molecule has 2 unspecified atom stereocenters. The van der Waals surface area contributed by atoms with Crippen LogP contribution in [0.25, 0.3) is 0 Å². The van der Waals surface area contributed by atoms with Crippen LogP contribution >= 0.6 is 11.3 Å². The number of hydrogen-bond acceptors (Lipinski definition) is 2. The van der Waals surface area contributed by atoms with E-state index in [0.29, 0.717) is 11.2 Å². The van der Waals surface area contributed by atoms with Crippen molar-refractivity contribution in [1.82, 2.24) is 0 Å². The summed E-state index contributed by atoms with van der Waals surface area (Å²) in [6.07, 6.45) is 7.66. The molecule has 2 heteroatoms. The summed E-state index contributed by atoms with van der Waals surface area (Å²) in [5.41, 5.74) is 0.474. The highest BCUT2D eigenvalue weighted by molar-refractivity contribution is 7.14. The predicted octanol–water partition coefficient (Wildman–Crippen LogP) is 4.85. The molecule has 0 aromatic carbocycles. The van der Waals surface area contributed by atoms with E-state index in [2.05, 4.69) is 26.0 Å². The van der Waals surface area contributed by atoms with Gasteiger partial charge in [0.05, 0.1) is 4.88 Å². The predicted molar refractivity (Wildman–Crippen MR) is 78.6 cm³/mol. The highest BCUT2D eigenvalue weighted by Gasteiger charge is 2.58. The Hall–Kier alpha value is -0.630. The molecule has 0 radical (unpaired) electrons. The van der Waals surface area contributed by atoms with Crippen LogP contribution in [-0.2, 0) is 0 Å². The van der Waals surface area contributed by atoms with E-state index in [-0.39, 0.29) is 5.41 Å². The van der Waals surface area contributed by atoms with Gasteiger partial charge in [-0.3, -0.25) is 4.79 Å². The first-order valence-corrected chi connectivity index (χ1v) is 8.41. The van der Waals surface area contributed by atoms with Gasteiger partial charge in [0.1, 0.15) is 0 Å². The van der Waals surface area contributed by atoms with Crippen LogP contribution in [0.2, 0.25) is 0 Å². The lowest BCUT2D eigenvalue weighted by Gasteiger charge is -2.60. The molecule has 4 fully saturated rings. The van der Waals surface area contributed by atoms with E-state index in [9.17, 15) is 4.79 Å². The molecule has 0 N–H and O–H groups in total. The van der Waals surface area contributed by atoms with E-state index >= 15 is 0 Å². The van der Waals surface area contributed by atoms with Gasteiger partial charge >= 0.3 is 0 Å². The molecule has 1 aromatic rings. The Kier molecular flexibility index (Phi) is 2.38. The fourth-order valence-corrected chi connectivity index (χ4v) is 6.73. The van der Waals surface area contributed by atoms with Gasteiger partial charge in [0.15, 0.2) is 5.78 Å².